The van der Waals surface area contributed by atoms with Crippen molar-refractivity contribution in [2.75, 3.05) is 12.9 Å². The van der Waals surface area contributed by atoms with Crippen LogP contribution in [-0.4, -0.2) is 48.7 Å². The number of benzene rings is 2. The summed E-state index contributed by atoms with van der Waals surface area (Å²) >= 11 is 1.22. The van der Waals surface area contributed by atoms with E-state index in [1.54, 1.807) is 18.4 Å². The minimum atomic E-state index is -0.696. The molecule has 0 radical (unpaired) electrons. The fourth-order valence-corrected chi connectivity index (χ4v) is 4.30. The van der Waals surface area contributed by atoms with Crippen LogP contribution in [-0.2, 0) is 9.53 Å². The number of H-pyrrole nitrogens is 1. The van der Waals surface area contributed by atoms with Crippen LogP contribution in [0.1, 0.15) is 5.82 Å². The van der Waals surface area contributed by atoms with E-state index in [9.17, 15) is 9.90 Å². The van der Waals surface area contributed by atoms with Crippen LogP contribution < -0.4 is 0 Å². The zero-order chi connectivity index (χ0) is 23.5. The number of aromatic amines is 1. The lowest BCUT2D eigenvalue weighted by molar-refractivity contribution is -0.133. The van der Waals surface area contributed by atoms with E-state index >= 15 is 0 Å². The number of furan rings is 1. The zero-order valence-corrected chi connectivity index (χ0v) is 18.8. The van der Waals surface area contributed by atoms with Crippen molar-refractivity contribution in [1.82, 2.24) is 24.7 Å². The van der Waals surface area contributed by atoms with E-state index in [1.165, 1.54) is 18.9 Å². The number of aliphatic hydroxyl groups excluding tert-OH is 1. The third kappa shape index (κ3) is 4.06. The molecular formula is C24H19N5O4S. The third-order valence-corrected chi connectivity index (χ3v) is 5.97. The van der Waals surface area contributed by atoms with Crippen LogP contribution in [0.3, 0.4) is 0 Å². The maximum Gasteiger partial charge on any atom is 0.345 e. The Kier molecular flexibility index (Phi) is 5.88. The molecule has 3 aromatic heterocycles. The molecule has 0 saturated carbocycles. The van der Waals surface area contributed by atoms with Crippen LogP contribution in [0, 0.1) is 0 Å². The molecule has 0 aliphatic heterocycles. The second-order valence-corrected chi connectivity index (χ2v) is 8.10. The van der Waals surface area contributed by atoms with Crippen LogP contribution in [0.4, 0.5) is 0 Å². The summed E-state index contributed by atoms with van der Waals surface area (Å²) in [6, 6.07) is 20.5. The number of aromatic nitrogens is 5. The molecule has 0 aliphatic rings. The molecule has 0 spiro atoms. The Labute approximate surface area is 198 Å². The van der Waals surface area contributed by atoms with Crippen LogP contribution in [0.25, 0.3) is 33.9 Å². The van der Waals surface area contributed by atoms with Crippen molar-refractivity contribution in [2.45, 2.75) is 5.16 Å². The minimum absolute atomic E-state index is 0.0323. The molecule has 0 saturated heterocycles. The van der Waals surface area contributed by atoms with Crippen LogP contribution in [0.15, 0.2) is 88.3 Å². The molecule has 3 heterocycles. The Bertz CT molecular complexity index is 1440. The van der Waals surface area contributed by atoms with E-state index in [2.05, 4.69) is 20.2 Å². The minimum Gasteiger partial charge on any atom is -0.510 e. The van der Waals surface area contributed by atoms with Gasteiger partial charge in [-0.25, -0.2) is 9.78 Å². The molecule has 5 rings (SSSR count). The van der Waals surface area contributed by atoms with Gasteiger partial charge in [0.25, 0.3) is 0 Å². The van der Waals surface area contributed by atoms with E-state index in [0.717, 1.165) is 11.2 Å². The van der Waals surface area contributed by atoms with Gasteiger partial charge in [-0.1, -0.05) is 42.1 Å². The molecule has 0 bridgehead atoms. The van der Waals surface area contributed by atoms with Gasteiger partial charge in [-0.3, -0.25) is 4.57 Å². The van der Waals surface area contributed by atoms with E-state index < -0.39 is 5.97 Å². The first-order valence-electron chi connectivity index (χ1n) is 10.3. The number of imidazole rings is 1. The maximum absolute atomic E-state index is 12.5. The standard InChI is InChI=1S/C24H19N5O4S/c1-32-23(31)20(21-25-16-10-5-6-11-17(16)26-21)18(30)14-34-24-28-27-22(19-12-7-13-33-19)29(24)15-8-3-2-4-9-15/h2-13,30H,14H2,1H3,(H,25,26)/b20-18+. The number of para-hydroxylation sites is 3. The SMILES string of the molecule is COC(=O)/C(=C(/O)CSc1nnc(-c2ccco2)n1-c1ccccc1)c1nc2ccccc2[nH]1. The highest BCUT2D eigenvalue weighted by molar-refractivity contribution is 7.99. The second kappa shape index (κ2) is 9.28. The molecule has 10 heteroatoms. The smallest absolute Gasteiger partial charge is 0.345 e. The molecule has 0 fully saturated rings. The molecule has 0 amide bonds. The summed E-state index contributed by atoms with van der Waals surface area (Å²) in [6.45, 7) is 0. The highest BCUT2D eigenvalue weighted by atomic mass is 32.2. The molecule has 2 N–H and O–H groups in total. The Hall–Kier alpha value is -4.31. The number of ether oxygens (including phenoxy) is 1. The first kappa shape index (κ1) is 21.5. The molecule has 5 aromatic rings. The number of nitrogens with zero attached hydrogens (tertiary/aromatic N) is 4. The molecule has 0 unspecified atom stereocenters. The van der Waals surface area contributed by atoms with Gasteiger partial charge in [0.15, 0.2) is 10.9 Å². The van der Waals surface area contributed by atoms with E-state index in [1.807, 2.05) is 59.2 Å². The summed E-state index contributed by atoms with van der Waals surface area (Å²) in [5.41, 5.74) is 2.20. The average Bonchev–Trinajstić information content (AvgIpc) is 3.62. The molecule has 0 atom stereocenters. The molecule has 9 nitrogen and oxygen atoms in total. The lowest BCUT2D eigenvalue weighted by Crippen LogP contribution is -2.10. The van der Waals surface area contributed by atoms with Gasteiger partial charge >= 0.3 is 5.97 Å². The Morgan fingerprint density at radius 3 is 2.62 bits per heavy atom. The normalized spacial score (nSPS) is 12.0. The van der Waals surface area contributed by atoms with Crippen molar-refractivity contribution >= 4 is 34.3 Å². The second-order valence-electron chi connectivity index (χ2n) is 7.16. The summed E-state index contributed by atoms with van der Waals surface area (Å²) in [6.07, 6.45) is 1.57. The largest absolute Gasteiger partial charge is 0.510 e. The lowest BCUT2D eigenvalue weighted by atomic mass is 10.2. The number of carbonyl (C=O) groups is 1. The Morgan fingerprint density at radius 1 is 1.09 bits per heavy atom. The van der Waals surface area contributed by atoms with Crippen molar-refractivity contribution in [3.63, 3.8) is 0 Å². The van der Waals surface area contributed by atoms with Gasteiger partial charge in [0, 0.05) is 5.69 Å². The van der Waals surface area contributed by atoms with Crippen molar-refractivity contribution in [3.8, 4) is 17.3 Å². The number of rotatable bonds is 7. The number of hydrogen-bond acceptors (Lipinski definition) is 8. The monoisotopic (exact) mass is 473 g/mol. The predicted molar refractivity (Wildman–Crippen MR) is 127 cm³/mol. The van der Waals surface area contributed by atoms with E-state index in [4.69, 9.17) is 9.15 Å². The first-order chi connectivity index (χ1) is 16.7. The topological polar surface area (TPSA) is 119 Å². The third-order valence-electron chi connectivity index (χ3n) is 5.03. The van der Waals surface area contributed by atoms with Crippen LogP contribution in [0.2, 0.25) is 0 Å². The number of fused-ring (bicyclic) bond motifs is 1. The number of esters is 1. The summed E-state index contributed by atoms with van der Waals surface area (Å²) < 4.78 is 12.3. The summed E-state index contributed by atoms with van der Waals surface area (Å²) in [5.74, 6) is 0.445. The fourth-order valence-electron chi connectivity index (χ4n) is 3.47. The molecular weight excluding hydrogens is 454 g/mol. The van der Waals surface area contributed by atoms with Gasteiger partial charge in [0.2, 0.25) is 5.82 Å². The first-order valence-corrected chi connectivity index (χ1v) is 11.3. The van der Waals surface area contributed by atoms with Gasteiger partial charge in [-0.2, -0.15) is 0 Å². The molecule has 170 valence electrons. The number of nitrogens with one attached hydrogen (secondary N) is 1. The van der Waals surface area contributed by atoms with Crippen LogP contribution >= 0.6 is 11.8 Å². The van der Waals surface area contributed by atoms with Crippen LogP contribution in [0.5, 0.6) is 0 Å². The number of methoxy groups -OCH3 is 1. The van der Waals surface area contributed by atoms with Crippen molar-refractivity contribution in [2.24, 2.45) is 0 Å². The fraction of sp³-hybridized carbons (Fsp3) is 0.0833. The summed E-state index contributed by atoms with van der Waals surface area (Å²) in [5, 5.41) is 20.0. The van der Waals surface area contributed by atoms with Gasteiger partial charge in [0.1, 0.15) is 17.2 Å². The van der Waals surface area contributed by atoms with E-state index in [0.29, 0.717) is 22.3 Å². The van der Waals surface area contributed by atoms with E-state index in [-0.39, 0.29) is 22.9 Å². The number of aliphatic hydroxyl groups is 1. The average molecular weight is 474 g/mol. The Balaban J connectivity index is 1.51. The highest BCUT2D eigenvalue weighted by Gasteiger charge is 2.24. The van der Waals surface area contributed by atoms with Crippen molar-refractivity contribution in [3.05, 3.63) is 84.6 Å². The van der Waals surface area contributed by atoms with Gasteiger partial charge in [0.05, 0.1) is 30.2 Å². The van der Waals surface area contributed by atoms with Gasteiger partial charge < -0.3 is 19.2 Å². The highest BCUT2D eigenvalue weighted by Crippen LogP contribution is 2.30. The lowest BCUT2D eigenvalue weighted by Gasteiger charge is -2.10. The molecule has 0 aliphatic carbocycles. The zero-order valence-electron chi connectivity index (χ0n) is 18.0. The predicted octanol–water partition coefficient (Wildman–Crippen LogP) is 4.64. The number of hydrogen-bond donors (Lipinski definition) is 2. The molecule has 2 aromatic carbocycles. The Morgan fingerprint density at radius 2 is 1.88 bits per heavy atom. The molecule has 34 heavy (non-hydrogen) atoms. The van der Waals surface area contributed by atoms with Crippen molar-refractivity contribution in [1.29, 1.82) is 0 Å². The van der Waals surface area contributed by atoms with Gasteiger partial charge in [-0.05, 0) is 36.4 Å². The van der Waals surface area contributed by atoms with Crippen molar-refractivity contribution < 1.29 is 19.1 Å². The maximum atomic E-state index is 12.5. The number of thioether (sulfide) groups is 1. The van der Waals surface area contributed by atoms with Gasteiger partial charge in [-0.15, -0.1) is 10.2 Å². The summed E-state index contributed by atoms with van der Waals surface area (Å²) in [4.78, 5) is 20.0. The quantitative estimate of drug-likeness (QED) is 0.152. The number of carbonyl (C=O) groups excluding carboxylic acids is 1. The summed E-state index contributed by atoms with van der Waals surface area (Å²) in [7, 11) is 1.26.